The summed E-state index contributed by atoms with van der Waals surface area (Å²) in [6, 6.07) is 2.31. The first-order valence-corrected chi connectivity index (χ1v) is 8.31. The highest BCUT2D eigenvalue weighted by Crippen LogP contribution is 2.27. The molecule has 7 heteroatoms. The summed E-state index contributed by atoms with van der Waals surface area (Å²) in [4.78, 5) is 23.2. The number of halogens is 1. The Morgan fingerprint density at radius 1 is 1.43 bits per heavy atom. The van der Waals surface area contributed by atoms with Crippen LogP contribution >= 0.6 is 22.9 Å². The van der Waals surface area contributed by atoms with Crippen molar-refractivity contribution in [3.8, 4) is 0 Å². The molecule has 1 aliphatic rings. The van der Waals surface area contributed by atoms with Crippen molar-refractivity contribution in [1.29, 1.82) is 0 Å². The second-order valence-corrected chi connectivity index (χ2v) is 6.63. The molecule has 2 N–H and O–H groups in total. The van der Waals surface area contributed by atoms with E-state index in [0.29, 0.717) is 23.6 Å². The molecule has 2 heterocycles. The highest BCUT2D eigenvalue weighted by molar-refractivity contribution is 7.16. The Kier molecular flexibility index (Phi) is 4.37. The molecule has 3 rings (SSSR count). The molecule has 21 heavy (non-hydrogen) atoms. The minimum atomic E-state index is -0.315. The van der Waals surface area contributed by atoms with E-state index in [2.05, 4.69) is 14.9 Å². The molecule has 112 valence electrons. The van der Waals surface area contributed by atoms with E-state index < -0.39 is 0 Å². The van der Waals surface area contributed by atoms with Crippen LogP contribution < -0.4 is 5.73 Å². The third-order valence-corrected chi connectivity index (χ3v) is 4.96. The molecule has 0 aromatic carbocycles. The van der Waals surface area contributed by atoms with Gasteiger partial charge in [-0.05, 0) is 24.3 Å². The maximum absolute atomic E-state index is 11.3. The lowest BCUT2D eigenvalue weighted by Gasteiger charge is -2.26. The summed E-state index contributed by atoms with van der Waals surface area (Å²) in [7, 11) is 0. The van der Waals surface area contributed by atoms with Crippen LogP contribution in [0.15, 0.2) is 11.4 Å². The molecular formula is C14H17ClN4OS. The number of carbonyl (C=O) groups is 1. The SMILES string of the molecule is NC(=O)CN(Cc1nc(Cl)c2ccsc2n1)C1CCCC1. The minimum absolute atomic E-state index is 0.244. The highest BCUT2D eigenvalue weighted by atomic mass is 35.5. The van der Waals surface area contributed by atoms with Crippen molar-refractivity contribution in [2.75, 3.05) is 6.54 Å². The third kappa shape index (κ3) is 3.33. The summed E-state index contributed by atoms with van der Waals surface area (Å²) in [5, 5.41) is 3.31. The predicted molar refractivity (Wildman–Crippen MR) is 84.3 cm³/mol. The predicted octanol–water partition coefficient (Wildman–Crippen LogP) is 2.57. The van der Waals surface area contributed by atoms with Gasteiger partial charge in [-0.25, -0.2) is 9.97 Å². The van der Waals surface area contributed by atoms with Gasteiger partial charge in [-0.2, -0.15) is 0 Å². The summed E-state index contributed by atoms with van der Waals surface area (Å²) in [6.45, 7) is 0.759. The van der Waals surface area contributed by atoms with E-state index >= 15 is 0 Å². The Bertz CT molecular complexity index is 653. The minimum Gasteiger partial charge on any atom is -0.369 e. The first-order valence-electron chi connectivity index (χ1n) is 7.05. The number of carbonyl (C=O) groups excluding carboxylic acids is 1. The van der Waals surface area contributed by atoms with E-state index in [4.69, 9.17) is 17.3 Å². The standard InChI is InChI=1S/C14H17ClN4OS/c15-13-10-5-6-21-14(10)18-12(17-13)8-19(7-11(16)20)9-3-1-2-4-9/h5-6,9H,1-4,7-8H2,(H2,16,20). The second-order valence-electron chi connectivity index (χ2n) is 5.38. The molecule has 0 radical (unpaired) electrons. The van der Waals surface area contributed by atoms with Gasteiger partial charge in [0, 0.05) is 11.4 Å². The fourth-order valence-corrected chi connectivity index (χ4v) is 3.99. The van der Waals surface area contributed by atoms with Crippen LogP contribution in [0.5, 0.6) is 0 Å². The van der Waals surface area contributed by atoms with Crippen molar-refractivity contribution >= 4 is 39.1 Å². The van der Waals surface area contributed by atoms with Crippen LogP contribution in [0.3, 0.4) is 0 Å². The lowest BCUT2D eigenvalue weighted by Crippen LogP contribution is -2.39. The van der Waals surface area contributed by atoms with E-state index in [1.54, 1.807) is 11.3 Å². The second kappa shape index (κ2) is 6.25. The summed E-state index contributed by atoms with van der Waals surface area (Å²) < 4.78 is 0. The van der Waals surface area contributed by atoms with Gasteiger partial charge in [0.1, 0.15) is 15.8 Å². The fourth-order valence-electron chi connectivity index (χ4n) is 2.90. The molecular weight excluding hydrogens is 308 g/mol. The first kappa shape index (κ1) is 14.7. The number of amides is 1. The average molecular weight is 325 g/mol. The van der Waals surface area contributed by atoms with Gasteiger partial charge in [0.05, 0.1) is 13.1 Å². The number of hydrogen-bond donors (Lipinski definition) is 1. The molecule has 0 aliphatic heterocycles. The van der Waals surface area contributed by atoms with Crippen LogP contribution in [0.4, 0.5) is 0 Å². The summed E-state index contributed by atoms with van der Waals surface area (Å²) in [5.41, 5.74) is 5.37. The van der Waals surface area contributed by atoms with Crippen LogP contribution in [0, 0.1) is 0 Å². The Labute approximate surface area is 132 Å². The van der Waals surface area contributed by atoms with Gasteiger partial charge in [0.15, 0.2) is 0 Å². The van der Waals surface area contributed by atoms with E-state index in [0.717, 1.165) is 23.1 Å². The van der Waals surface area contributed by atoms with Crippen molar-refractivity contribution in [2.45, 2.75) is 38.3 Å². The molecule has 1 saturated carbocycles. The zero-order chi connectivity index (χ0) is 14.8. The zero-order valence-corrected chi connectivity index (χ0v) is 13.2. The molecule has 1 aliphatic carbocycles. The molecule has 0 unspecified atom stereocenters. The summed E-state index contributed by atoms with van der Waals surface area (Å²) in [5.74, 6) is 0.341. The molecule has 1 fully saturated rings. The van der Waals surface area contributed by atoms with Gasteiger partial charge in [-0.1, -0.05) is 24.4 Å². The Morgan fingerprint density at radius 3 is 2.90 bits per heavy atom. The van der Waals surface area contributed by atoms with E-state index in [9.17, 15) is 4.79 Å². The Balaban J connectivity index is 1.83. The molecule has 0 bridgehead atoms. The monoisotopic (exact) mass is 324 g/mol. The normalized spacial score (nSPS) is 16.1. The van der Waals surface area contributed by atoms with Crippen LogP contribution in [0.2, 0.25) is 5.15 Å². The number of nitrogens with two attached hydrogens (primary N) is 1. The Morgan fingerprint density at radius 2 is 2.19 bits per heavy atom. The summed E-state index contributed by atoms with van der Waals surface area (Å²) in [6.07, 6.45) is 4.60. The zero-order valence-electron chi connectivity index (χ0n) is 11.6. The lowest BCUT2D eigenvalue weighted by atomic mass is 10.2. The van der Waals surface area contributed by atoms with Crippen LogP contribution in [-0.2, 0) is 11.3 Å². The van der Waals surface area contributed by atoms with Crippen molar-refractivity contribution in [1.82, 2.24) is 14.9 Å². The number of thiophene rings is 1. The summed E-state index contributed by atoms with van der Waals surface area (Å²) >= 11 is 7.74. The maximum Gasteiger partial charge on any atom is 0.231 e. The van der Waals surface area contributed by atoms with Gasteiger partial charge < -0.3 is 5.73 Å². The van der Waals surface area contributed by atoms with Crippen molar-refractivity contribution in [2.24, 2.45) is 5.73 Å². The van der Waals surface area contributed by atoms with Crippen LogP contribution in [0.25, 0.3) is 10.2 Å². The lowest BCUT2D eigenvalue weighted by molar-refractivity contribution is -0.119. The number of fused-ring (bicyclic) bond motifs is 1. The average Bonchev–Trinajstić information content (AvgIpc) is 3.08. The third-order valence-electron chi connectivity index (χ3n) is 3.87. The van der Waals surface area contributed by atoms with Crippen molar-refractivity contribution < 1.29 is 4.79 Å². The molecule has 0 atom stereocenters. The van der Waals surface area contributed by atoms with Crippen LogP contribution in [-0.4, -0.2) is 33.4 Å². The van der Waals surface area contributed by atoms with Gasteiger partial charge in [0.25, 0.3) is 0 Å². The molecule has 0 saturated heterocycles. The maximum atomic E-state index is 11.3. The number of nitrogens with zero attached hydrogens (tertiary/aromatic N) is 3. The van der Waals surface area contributed by atoms with E-state index in [1.807, 2.05) is 11.4 Å². The first-order chi connectivity index (χ1) is 10.1. The fraction of sp³-hybridized carbons (Fsp3) is 0.500. The number of aromatic nitrogens is 2. The van der Waals surface area contributed by atoms with Gasteiger partial charge in [-0.3, -0.25) is 9.69 Å². The van der Waals surface area contributed by atoms with Crippen LogP contribution in [0.1, 0.15) is 31.5 Å². The van der Waals surface area contributed by atoms with Gasteiger partial charge >= 0.3 is 0 Å². The van der Waals surface area contributed by atoms with E-state index in [-0.39, 0.29) is 12.5 Å². The van der Waals surface area contributed by atoms with E-state index in [1.165, 1.54) is 12.8 Å². The van der Waals surface area contributed by atoms with Gasteiger partial charge in [-0.15, -0.1) is 11.3 Å². The molecule has 2 aromatic rings. The topological polar surface area (TPSA) is 72.1 Å². The molecule has 5 nitrogen and oxygen atoms in total. The number of rotatable bonds is 5. The van der Waals surface area contributed by atoms with Crippen molar-refractivity contribution in [3.63, 3.8) is 0 Å². The molecule has 2 aromatic heterocycles. The largest absolute Gasteiger partial charge is 0.369 e. The number of hydrogen-bond acceptors (Lipinski definition) is 5. The molecule has 1 amide bonds. The van der Waals surface area contributed by atoms with Gasteiger partial charge in [0.2, 0.25) is 5.91 Å². The quantitative estimate of drug-likeness (QED) is 0.858. The number of primary amides is 1. The highest BCUT2D eigenvalue weighted by Gasteiger charge is 2.25. The Hall–Kier alpha value is -1.24. The smallest absolute Gasteiger partial charge is 0.231 e. The van der Waals surface area contributed by atoms with Crippen molar-refractivity contribution in [3.05, 3.63) is 22.4 Å². The molecule has 0 spiro atoms.